The molecule has 0 amide bonds. The zero-order valence-electron chi connectivity index (χ0n) is 11.2. The van der Waals surface area contributed by atoms with Crippen LogP contribution in [-0.2, 0) is 10.2 Å². The molecular weight excluding hydrogens is 228 g/mol. The van der Waals surface area contributed by atoms with E-state index in [1.54, 1.807) is 0 Å². The van der Waals surface area contributed by atoms with E-state index in [4.69, 9.17) is 4.98 Å². The second-order valence-electron chi connectivity index (χ2n) is 6.05. The lowest BCUT2D eigenvalue weighted by atomic mass is 9.91. The van der Waals surface area contributed by atoms with Gasteiger partial charge in [-0.2, -0.15) is 12.6 Å². The number of aromatic nitrogens is 2. The lowest BCUT2D eigenvalue weighted by Gasteiger charge is -2.16. The largest absolute Gasteiger partial charge is 0.302 e. The average Bonchev–Trinajstić information content (AvgIpc) is 2.55. The van der Waals surface area contributed by atoms with Crippen LogP contribution in [0.1, 0.15) is 46.1 Å². The van der Waals surface area contributed by atoms with Crippen molar-refractivity contribution in [1.29, 1.82) is 0 Å². The summed E-state index contributed by atoms with van der Waals surface area (Å²) in [5, 5.41) is 0. The monoisotopic (exact) mass is 248 g/mol. The van der Waals surface area contributed by atoms with Crippen molar-refractivity contribution in [3.63, 3.8) is 0 Å². The highest BCUT2D eigenvalue weighted by molar-refractivity contribution is 7.81. The fraction of sp³-hybridized carbons (Fsp3) is 0.500. The molecule has 0 spiro atoms. The van der Waals surface area contributed by atoms with Crippen molar-refractivity contribution >= 4 is 18.1 Å². The van der Waals surface area contributed by atoms with Crippen molar-refractivity contribution in [2.75, 3.05) is 0 Å². The van der Waals surface area contributed by atoms with E-state index < -0.39 is 0 Å². The standard InChI is InChI=1S/C14H20N2S/c1-13(2,3)11-10-8-6-7-9-16(10)12(15-11)14(4,5)17/h6-9,17H,1-5H3. The Morgan fingerprint density at radius 2 is 1.76 bits per heavy atom. The van der Waals surface area contributed by atoms with Crippen molar-refractivity contribution in [1.82, 2.24) is 9.38 Å². The van der Waals surface area contributed by atoms with Crippen LogP contribution in [0.25, 0.3) is 5.52 Å². The van der Waals surface area contributed by atoms with Crippen molar-refractivity contribution < 1.29 is 0 Å². The number of imidazole rings is 1. The van der Waals surface area contributed by atoms with E-state index in [1.165, 1.54) is 5.52 Å². The molecule has 0 aromatic carbocycles. The molecule has 0 saturated heterocycles. The van der Waals surface area contributed by atoms with Crippen LogP contribution in [0.3, 0.4) is 0 Å². The highest BCUT2D eigenvalue weighted by Crippen LogP contribution is 2.32. The molecule has 0 radical (unpaired) electrons. The molecule has 17 heavy (non-hydrogen) atoms. The molecular formula is C14H20N2S. The van der Waals surface area contributed by atoms with Crippen LogP contribution in [0.4, 0.5) is 0 Å². The molecule has 0 aliphatic heterocycles. The Morgan fingerprint density at radius 1 is 1.12 bits per heavy atom. The van der Waals surface area contributed by atoms with Gasteiger partial charge in [-0.15, -0.1) is 0 Å². The topological polar surface area (TPSA) is 17.3 Å². The van der Waals surface area contributed by atoms with Crippen molar-refractivity contribution in [2.24, 2.45) is 0 Å². The minimum absolute atomic E-state index is 0.0455. The van der Waals surface area contributed by atoms with Gasteiger partial charge < -0.3 is 4.40 Å². The van der Waals surface area contributed by atoms with E-state index in [1.807, 2.05) is 6.07 Å². The van der Waals surface area contributed by atoms with E-state index in [2.05, 4.69) is 70.0 Å². The summed E-state index contributed by atoms with van der Waals surface area (Å²) in [4.78, 5) is 4.82. The quantitative estimate of drug-likeness (QED) is 0.760. The Balaban J connectivity index is 2.81. The normalized spacial score (nSPS) is 13.3. The Morgan fingerprint density at radius 3 is 2.29 bits per heavy atom. The molecule has 0 aliphatic rings. The van der Waals surface area contributed by atoms with Gasteiger partial charge in [0.05, 0.1) is 16.0 Å². The summed E-state index contributed by atoms with van der Waals surface area (Å²) >= 11 is 4.65. The first kappa shape index (κ1) is 12.5. The number of nitrogens with zero attached hydrogens (tertiary/aromatic N) is 2. The van der Waals surface area contributed by atoms with E-state index in [9.17, 15) is 0 Å². The van der Waals surface area contributed by atoms with Gasteiger partial charge in [-0.1, -0.05) is 26.8 Å². The lowest BCUT2D eigenvalue weighted by Crippen LogP contribution is -2.15. The molecule has 0 N–H and O–H groups in total. The summed E-state index contributed by atoms with van der Waals surface area (Å²) in [6, 6.07) is 6.21. The highest BCUT2D eigenvalue weighted by atomic mass is 32.1. The smallest absolute Gasteiger partial charge is 0.129 e. The average molecular weight is 248 g/mol. The van der Waals surface area contributed by atoms with Crippen LogP contribution in [-0.4, -0.2) is 9.38 Å². The predicted molar refractivity (Wildman–Crippen MR) is 75.9 cm³/mol. The summed E-state index contributed by atoms with van der Waals surface area (Å²) in [6.07, 6.45) is 2.06. The maximum absolute atomic E-state index is 4.82. The Hall–Kier alpha value is -0.960. The summed E-state index contributed by atoms with van der Waals surface area (Å²) in [6.45, 7) is 10.7. The van der Waals surface area contributed by atoms with Crippen LogP contribution in [0.15, 0.2) is 24.4 Å². The molecule has 2 rings (SSSR count). The molecule has 92 valence electrons. The van der Waals surface area contributed by atoms with Crippen molar-refractivity contribution in [2.45, 2.75) is 44.8 Å². The zero-order valence-corrected chi connectivity index (χ0v) is 12.0. The van der Waals surface area contributed by atoms with E-state index in [0.29, 0.717) is 0 Å². The number of hydrogen-bond donors (Lipinski definition) is 1. The Kier molecular flexibility index (Phi) is 2.77. The van der Waals surface area contributed by atoms with Gasteiger partial charge in [-0.05, 0) is 26.0 Å². The van der Waals surface area contributed by atoms with Gasteiger partial charge in [0.25, 0.3) is 0 Å². The molecule has 2 aromatic rings. The molecule has 0 bridgehead atoms. The molecule has 3 heteroatoms. The second-order valence-corrected chi connectivity index (χ2v) is 7.17. The fourth-order valence-corrected chi connectivity index (χ4v) is 2.18. The number of fused-ring (bicyclic) bond motifs is 1. The minimum atomic E-state index is -0.242. The lowest BCUT2D eigenvalue weighted by molar-refractivity contribution is 0.572. The van der Waals surface area contributed by atoms with Crippen LogP contribution < -0.4 is 0 Å². The first-order chi connectivity index (χ1) is 7.71. The van der Waals surface area contributed by atoms with Gasteiger partial charge in [0, 0.05) is 11.6 Å². The summed E-state index contributed by atoms with van der Waals surface area (Å²) in [5.41, 5.74) is 2.36. The number of rotatable bonds is 1. The first-order valence-corrected chi connectivity index (χ1v) is 6.36. The molecule has 0 unspecified atom stereocenters. The van der Waals surface area contributed by atoms with Crippen LogP contribution in [0.2, 0.25) is 0 Å². The van der Waals surface area contributed by atoms with Crippen LogP contribution in [0.5, 0.6) is 0 Å². The summed E-state index contributed by atoms with van der Waals surface area (Å²) in [5.74, 6) is 1.00. The number of hydrogen-bond acceptors (Lipinski definition) is 2. The van der Waals surface area contributed by atoms with Gasteiger partial charge in [-0.25, -0.2) is 4.98 Å². The van der Waals surface area contributed by atoms with E-state index in [0.717, 1.165) is 11.5 Å². The van der Waals surface area contributed by atoms with Gasteiger partial charge in [0.2, 0.25) is 0 Å². The van der Waals surface area contributed by atoms with Crippen molar-refractivity contribution in [3.05, 3.63) is 35.9 Å². The molecule has 2 nitrogen and oxygen atoms in total. The summed E-state index contributed by atoms with van der Waals surface area (Å²) < 4.78 is 1.90. The molecule has 0 atom stereocenters. The number of pyridine rings is 1. The molecule has 2 heterocycles. The van der Waals surface area contributed by atoms with E-state index in [-0.39, 0.29) is 10.2 Å². The van der Waals surface area contributed by atoms with Gasteiger partial charge in [0.15, 0.2) is 0 Å². The predicted octanol–water partition coefficient (Wildman–Crippen LogP) is 3.80. The van der Waals surface area contributed by atoms with Crippen LogP contribution in [0, 0.1) is 0 Å². The maximum atomic E-state index is 4.82. The Labute approximate surface area is 108 Å². The third-order valence-corrected chi connectivity index (χ3v) is 3.01. The highest BCUT2D eigenvalue weighted by Gasteiger charge is 2.27. The van der Waals surface area contributed by atoms with Crippen molar-refractivity contribution in [3.8, 4) is 0 Å². The minimum Gasteiger partial charge on any atom is -0.302 e. The molecule has 0 saturated carbocycles. The van der Waals surface area contributed by atoms with Gasteiger partial charge in [-0.3, -0.25) is 0 Å². The van der Waals surface area contributed by atoms with E-state index >= 15 is 0 Å². The Bertz CT molecular complexity index is 493. The van der Waals surface area contributed by atoms with Crippen LogP contribution >= 0.6 is 12.6 Å². The zero-order chi connectivity index (χ0) is 12.8. The molecule has 0 aliphatic carbocycles. The summed E-state index contributed by atoms with van der Waals surface area (Å²) in [7, 11) is 0. The number of thiol groups is 1. The third kappa shape index (κ3) is 2.21. The first-order valence-electron chi connectivity index (χ1n) is 5.91. The third-order valence-electron chi connectivity index (χ3n) is 2.81. The fourth-order valence-electron chi connectivity index (χ4n) is 2.02. The maximum Gasteiger partial charge on any atom is 0.129 e. The molecule has 2 aromatic heterocycles. The van der Waals surface area contributed by atoms with Gasteiger partial charge >= 0.3 is 0 Å². The SMILES string of the molecule is CC(C)(C)c1nc(C(C)(C)S)n2ccccc12. The molecule has 0 fully saturated rings. The second kappa shape index (κ2) is 3.77. The van der Waals surface area contributed by atoms with Gasteiger partial charge in [0.1, 0.15) is 5.82 Å².